The molecule has 0 spiro atoms. The molecule has 0 saturated heterocycles. The van der Waals surface area contributed by atoms with Crippen LogP contribution in [0.25, 0.3) is 0 Å². The van der Waals surface area contributed by atoms with Crippen molar-refractivity contribution >= 4 is 32.4 Å². The number of benzene rings is 1. The van der Waals surface area contributed by atoms with Crippen LogP contribution in [0.2, 0.25) is 8.87 Å². The first-order valence-corrected chi connectivity index (χ1v) is 19.3. The van der Waals surface area contributed by atoms with Crippen molar-refractivity contribution in [3.8, 4) is 0 Å². The third-order valence-electron chi connectivity index (χ3n) is 3.78. The van der Waals surface area contributed by atoms with E-state index >= 15 is 0 Å². The van der Waals surface area contributed by atoms with Gasteiger partial charge >= 0.3 is 136 Å². The van der Waals surface area contributed by atoms with Crippen molar-refractivity contribution in [3.63, 3.8) is 0 Å². The zero-order valence-corrected chi connectivity index (χ0v) is 18.3. The Morgan fingerprint density at radius 2 is 1.30 bits per heavy atom. The molecular weight excluding hydrogens is 419 g/mol. The molecule has 0 N–H and O–H groups in total. The van der Waals surface area contributed by atoms with Gasteiger partial charge in [0.1, 0.15) is 0 Å². The summed E-state index contributed by atoms with van der Waals surface area (Å²) >= 11 is 1.88. The van der Waals surface area contributed by atoms with Crippen LogP contribution in [-0.4, -0.2) is 54.1 Å². The molecule has 0 atom stereocenters. The first-order valence-electron chi connectivity index (χ1n) is 7.43. The molecule has 1 aromatic rings. The molecule has 0 aliphatic heterocycles. The van der Waals surface area contributed by atoms with Gasteiger partial charge in [-0.25, -0.2) is 0 Å². The maximum atomic E-state index is 4.25. The van der Waals surface area contributed by atoms with E-state index in [2.05, 4.69) is 82.7 Å². The number of nitrogens with zero attached hydrogens (tertiary/aromatic N) is 2. The van der Waals surface area contributed by atoms with E-state index in [-0.39, 0.29) is 0 Å². The SMILES string of the molecule is C[CH2][Sn]([Br])([CH2]C)[c]1c(CN(C)C)cccc1CN(C)C. The van der Waals surface area contributed by atoms with Gasteiger partial charge in [-0.1, -0.05) is 0 Å². The molecule has 0 aliphatic rings. The van der Waals surface area contributed by atoms with E-state index in [4.69, 9.17) is 0 Å². The quantitative estimate of drug-likeness (QED) is 0.591. The summed E-state index contributed by atoms with van der Waals surface area (Å²) in [5, 5.41) is 0. The molecular formula is C16H29BrN2Sn. The summed E-state index contributed by atoms with van der Waals surface area (Å²) in [6.07, 6.45) is 0. The summed E-state index contributed by atoms with van der Waals surface area (Å²) < 4.78 is 4.33. The van der Waals surface area contributed by atoms with Gasteiger partial charge in [0.25, 0.3) is 0 Å². The second-order valence-electron chi connectivity index (χ2n) is 6.10. The molecule has 0 unspecified atom stereocenters. The number of hydrogen-bond acceptors (Lipinski definition) is 2. The van der Waals surface area contributed by atoms with Crippen molar-refractivity contribution in [1.82, 2.24) is 9.80 Å². The molecule has 0 saturated carbocycles. The fourth-order valence-electron chi connectivity index (χ4n) is 2.78. The molecule has 0 radical (unpaired) electrons. The Kier molecular flexibility index (Phi) is 7.53. The van der Waals surface area contributed by atoms with E-state index in [1.807, 2.05) is 0 Å². The standard InChI is InChI=1S/C12H19N2.2C2H5.BrH.Sn/c1-13(2)9-11-6-5-7-12(8-11)10-14(3)4;2*1-2;;/h5-7H,9-10H2,1-4H3;2*1H2,2H3;1H;/q;;;;+1/p-1. The van der Waals surface area contributed by atoms with Gasteiger partial charge in [0.2, 0.25) is 0 Å². The molecule has 0 bridgehead atoms. The van der Waals surface area contributed by atoms with E-state index in [9.17, 15) is 0 Å². The van der Waals surface area contributed by atoms with Crippen LogP contribution in [0.1, 0.15) is 25.0 Å². The van der Waals surface area contributed by atoms with E-state index in [0.717, 1.165) is 13.1 Å². The summed E-state index contributed by atoms with van der Waals surface area (Å²) in [5.41, 5.74) is 3.07. The average molecular weight is 448 g/mol. The molecule has 0 heterocycles. The second kappa shape index (κ2) is 8.16. The van der Waals surface area contributed by atoms with Crippen LogP contribution >= 0.6 is 12.7 Å². The van der Waals surface area contributed by atoms with Crippen LogP contribution in [0, 0.1) is 0 Å². The number of halogens is 1. The Balaban J connectivity index is 3.38. The van der Waals surface area contributed by atoms with Gasteiger partial charge in [-0.15, -0.1) is 0 Å². The molecule has 1 rings (SSSR count). The van der Waals surface area contributed by atoms with E-state index in [1.165, 1.54) is 20.0 Å². The number of hydrogen-bond donors (Lipinski definition) is 0. The third-order valence-corrected chi connectivity index (χ3v) is 24.8. The van der Waals surface area contributed by atoms with Crippen molar-refractivity contribution in [2.45, 2.75) is 35.8 Å². The van der Waals surface area contributed by atoms with Crippen LogP contribution in [0.4, 0.5) is 0 Å². The Labute approximate surface area is 135 Å². The maximum absolute atomic E-state index is 4.25. The van der Waals surface area contributed by atoms with Crippen molar-refractivity contribution in [2.75, 3.05) is 28.2 Å². The van der Waals surface area contributed by atoms with Crippen LogP contribution in [-0.2, 0) is 13.1 Å². The third kappa shape index (κ3) is 4.72. The summed E-state index contributed by atoms with van der Waals surface area (Å²) in [7, 11) is 8.63. The predicted octanol–water partition coefficient (Wildman–Crippen LogP) is 3.40. The Morgan fingerprint density at radius 3 is 1.60 bits per heavy atom. The van der Waals surface area contributed by atoms with Crippen molar-refractivity contribution < 1.29 is 0 Å². The molecule has 20 heavy (non-hydrogen) atoms. The molecule has 1 aromatic carbocycles. The fraction of sp³-hybridized carbons (Fsp3) is 0.625. The van der Waals surface area contributed by atoms with Crippen LogP contribution in [0.5, 0.6) is 0 Å². The monoisotopic (exact) mass is 448 g/mol. The van der Waals surface area contributed by atoms with Crippen molar-refractivity contribution in [2.24, 2.45) is 0 Å². The van der Waals surface area contributed by atoms with E-state index in [1.54, 1.807) is 3.58 Å². The van der Waals surface area contributed by atoms with Crippen LogP contribution in [0.3, 0.4) is 0 Å². The molecule has 0 aromatic heterocycles. The predicted molar refractivity (Wildman–Crippen MR) is 96.5 cm³/mol. The van der Waals surface area contributed by atoms with Gasteiger partial charge in [0.15, 0.2) is 0 Å². The summed E-state index contributed by atoms with van der Waals surface area (Å²) in [6.45, 7) is 6.81. The van der Waals surface area contributed by atoms with Gasteiger partial charge in [-0.2, -0.15) is 0 Å². The minimum absolute atomic E-state index is 1.04. The van der Waals surface area contributed by atoms with E-state index < -0.39 is 16.2 Å². The molecule has 0 fully saturated rings. The van der Waals surface area contributed by atoms with Gasteiger partial charge in [-0.3, -0.25) is 0 Å². The summed E-state index contributed by atoms with van der Waals surface area (Å²) in [5.74, 6) is 0. The van der Waals surface area contributed by atoms with Gasteiger partial charge in [0, 0.05) is 0 Å². The second-order valence-corrected chi connectivity index (χ2v) is 27.3. The normalized spacial score (nSPS) is 12.4. The van der Waals surface area contributed by atoms with Crippen molar-refractivity contribution in [1.29, 1.82) is 0 Å². The number of rotatable bonds is 7. The molecule has 0 aliphatic carbocycles. The van der Waals surface area contributed by atoms with Crippen LogP contribution < -0.4 is 3.58 Å². The van der Waals surface area contributed by atoms with E-state index in [0.29, 0.717) is 0 Å². The topological polar surface area (TPSA) is 6.48 Å². The zero-order valence-electron chi connectivity index (χ0n) is 13.8. The first kappa shape index (κ1) is 18.5. The minimum atomic E-state index is -2.37. The average Bonchev–Trinajstić information content (AvgIpc) is 2.37. The Morgan fingerprint density at radius 1 is 0.900 bits per heavy atom. The summed E-state index contributed by atoms with van der Waals surface area (Å²) in [4.78, 5) is 4.56. The van der Waals surface area contributed by atoms with Gasteiger partial charge in [-0.05, 0) is 0 Å². The van der Waals surface area contributed by atoms with Gasteiger partial charge in [0.05, 0.1) is 0 Å². The fourth-order valence-corrected chi connectivity index (χ4v) is 13.9. The molecule has 2 nitrogen and oxygen atoms in total. The van der Waals surface area contributed by atoms with Crippen molar-refractivity contribution in [3.05, 3.63) is 29.3 Å². The Bertz CT molecular complexity index is 400. The molecule has 4 heteroatoms. The summed E-state index contributed by atoms with van der Waals surface area (Å²) in [6, 6.07) is 6.88. The first-order chi connectivity index (χ1) is 9.34. The molecule has 114 valence electrons. The molecule has 0 amide bonds. The zero-order chi connectivity index (χ0) is 15.3. The van der Waals surface area contributed by atoms with Gasteiger partial charge < -0.3 is 0 Å². The Hall–Kier alpha value is 0.419. The van der Waals surface area contributed by atoms with Crippen LogP contribution in [0.15, 0.2) is 18.2 Å².